The number of nitrogens with one attached hydrogen (secondary N) is 1. The van der Waals surface area contributed by atoms with Crippen LogP contribution in [0.3, 0.4) is 0 Å². The van der Waals surface area contributed by atoms with Crippen molar-refractivity contribution in [2.24, 2.45) is 0 Å². The lowest BCUT2D eigenvalue weighted by molar-refractivity contribution is -0.165. The fourth-order valence-electron chi connectivity index (χ4n) is 3.62. The van der Waals surface area contributed by atoms with Crippen LogP contribution in [-0.4, -0.2) is 61.9 Å². The topological polar surface area (TPSA) is 143 Å². The molecule has 0 aliphatic carbocycles. The van der Waals surface area contributed by atoms with Crippen LogP contribution >= 0.6 is 0 Å². The van der Waals surface area contributed by atoms with Gasteiger partial charge in [0.2, 0.25) is 11.4 Å². The first-order valence-electron chi connectivity index (χ1n) is 10.9. The largest absolute Gasteiger partial charge is 0.467 e. The Labute approximate surface area is 193 Å². The zero-order chi connectivity index (χ0) is 25.0. The normalized spacial score (nSPS) is 11.1. The minimum absolute atomic E-state index is 0.0854. The predicted molar refractivity (Wildman–Crippen MR) is 115 cm³/mol. The second-order valence-electron chi connectivity index (χ2n) is 7.44. The van der Waals surface area contributed by atoms with Crippen molar-refractivity contribution in [3.05, 3.63) is 11.3 Å². The van der Waals surface area contributed by atoms with E-state index in [1.165, 1.54) is 0 Å². The van der Waals surface area contributed by atoms with E-state index in [1.807, 2.05) is 13.8 Å². The lowest BCUT2D eigenvalue weighted by Crippen LogP contribution is -2.62. The molecule has 0 saturated carbocycles. The quantitative estimate of drug-likeness (QED) is 0.244. The number of methoxy groups -OCH3 is 2. The molecule has 1 aromatic rings. The van der Waals surface area contributed by atoms with E-state index in [0.29, 0.717) is 5.76 Å². The number of nitrogens with zero attached hydrogens (tertiary/aromatic N) is 1. The Morgan fingerprint density at radius 2 is 1.61 bits per heavy atom. The van der Waals surface area contributed by atoms with Crippen molar-refractivity contribution < 1.29 is 42.6 Å². The zero-order valence-corrected chi connectivity index (χ0v) is 20.1. The van der Waals surface area contributed by atoms with Crippen molar-refractivity contribution in [3.8, 4) is 5.88 Å². The van der Waals surface area contributed by atoms with Crippen LogP contribution in [0.15, 0.2) is 4.52 Å². The molecule has 0 fully saturated rings. The number of rotatable bonds is 14. The second-order valence-corrected chi connectivity index (χ2v) is 7.44. The third kappa shape index (κ3) is 7.19. The maximum atomic E-state index is 12.8. The Morgan fingerprint density at radius 3 is 2.06 bits per heavy atom. The van der Waals surface area contributed by atoms with Gasteiger partial charge in [-0.15, -0.1) is 0 Å². The molecule has 1 aromatic heterocycles. The number of hydrogen-bond donors (Lipinski definition) is 1. The van der Waals surface area contributed by atoms with Crippen LogP contribution in [-0.2, 0) is 39.8 Å². The lowest BCUT2D eigenvalue weighted by atomic mass is 9.86. The standard InChI is InChI=1S/C22H34N2O9/c1-7-10-15(11-8-2)18-16(19(24-33-18)32-13-17(26)31-9-3)12-22(20(27)29-5,21(28)30-6)23-14(4)25/h15H,7-13H2,1-6H3,(H,23,25). The molecule has 1 heterocycles. The molecule has 0 spiro atoms. The van der Waals surface area contributed by atoms with E-state index in [9.17, 15) is 19.2 Å². The summed E-state index contributed by atoms with van der Waals surface area (Å²) in [5.41, 5.74) is -1.95. The third-order valence-electron chi connectivity index (χ3n) is 4.96. The predicted octanol–water partition coefficient (Wildman–Crippen LogP) is 2.06. The van der Waals surface area contributed by atoms with Crippen molar-refractivity contribution in [3.63, 3.8) is 0 Å². The van der Waals surface area contributed by atoms with Crippen LogP contribution in [0.2, 0.25) is 0 Å². The summed E-state index contributed by atoms with van der Waals surface area (Å²) in [6, 6.07) is 0. The molecule has 0 aliphatic heterocycles. The Balaban J connectivity index is 3.60. The Kier molecular flexibility index (Phi) is 11.4. The first kappa shape index (κ1) is 27.9. The van der Waals surface area contributed by atoms with E-state index in [-0.39, 0.29) is 24.0 Å². The van der Waals surface area contributed by atoms with Gasteiger partial charge in [-0.3, -0.25) is 4.79 Å². The highest BCUT2D eigenvalue weighted by atomic mass is 16.6. The second kappa shape index (κ2) is 13.4. The highest BCUT2D eigenvalue weighted by Crippen LogP contribution is 2.36. The number of amides is 1. The van der Waals surface area contributed by atoms with Crippen LogP contribution < -0.4 is 10.1 Å². The van der Waals surface area contributed by atoms with E-state index in [1.54, 1.807) is 6.92 Å². The van der Waals surface area contributed by atoms with E-state index < -0.39 is 42.4 Å². The summed E-state index contributed by atoms with van der Waals surface area (Å²) in [6.07, 6.45) is 2.77. The summed E-state index contributed by atoms with van der Waals surface area (Å²) in [5.74, 6) is -3.12. The molecule has 0 atom stereocenters. The summed E-state index contributed by atoms with van der Waals surface area (Å²) in [7, 11) is 2.18. The van der Waals surface area contributed by atoms with Crippen molar-refractivity contribution in [1.29, 1.82) is 0 Å². The summed E-state index contributed by atoms with van der Waals surface area (Å²) in [5, 5.41) is 6.32. The van der Waals surface area contributed by atoms with Gasteiger partial charge in [-0.05, 0) is 24.9 Å². The molecule has 0 unspecified atom stereocenters. The number of aromatic nitrogens is 1. The highest BCUT2D eigenvalue weighted by molar-refractivity contribution is 6.08. The Hall–Kier alpha value is -3.11. The maximum Gasteiger partial charge on any atom is 0.344 e. The number of esters is 3. The van der Waals surface area contributed by atoms with Crippen molar-refractivity contribution >= 4 is 23.8 Å². The molecule has 186 valence electrons. The van der Waals surface area contributed by atoms with Crippen LogP contribution in [0.5, 0.6) is 5.88 Å². The molecule has 1 amide bonds. The monoisotopic (exact) mass is 470 g/mol. The average molecular weight is 471 g/mol. The van der Waals surface area contributed by atoms with E-state index >= 15 is 0 Å². The van der Waals surface area contributed by atoms with Gasteiger partial charge in [0.1, 0.15) is 5.76 Å². The van der Waals surface area contributed by atoms with Gasteiger partial charge in [0.05, 0.1) is 26.4 Å². The summed E-state index contributed by atoms with van der Waals surface area (Å²) >= 11 is 0. The molecule has 11 heteroatoms. The van der Waals surface area contributed by atoms with E-state index in [2.05, 4.69) is 10.5 Å². The minimum Gasteiger partial charge on any atom is -0.467 e. The van der Waals surface area contributed by atoms with Gasteiger partial charge < -0.3 is 28.8 Å². The van der Waals surface area contributed by atoms with Crippen LogP contribution in [0, 0.1) is 0 Å². The molecule has 0 radical (unpaired) electrons. The minimum atomic E-state index is -2.21. The summed E-state index contributed by atoms with van der Waals surface area (Å²) < 4.78 is 25.6. The van der Waals surface area contributed by atoms with Crippen molar-refractivity contribution in [2.45, 2.75) is 71.3 Å². The van der Waals surface area contributed by atoms with Crippen LogP contribution in [0.25, 0.3) is 0 Å². The summed E-state index contributed by atoms with van der Waals surface area (Å²) in [6.45, 7) is 6.56. The molecule has 1 rings (SSSR count). The van der Waals surface area contributed by atoms with Gasteiger partial charge in [0.25, 0.3) is 5.88 Å². The third-order valence-corrected chi connectivity index (χ3v) is 4.96. The first-order chi connectivity index (χ1) is 15.7. The van der Waals surface area contributed by atoms with Gasteiger partial charge >= 0.3 is 17.9 Å². The van der Waals surface area contributed by atoms with Gasteiger partial charge in [0, 0.05) is 19.3 Å². The van der Waals surface area contributed by atoms with Crippen molar-refractivity contribution in [1.82, 2.24) is 10.5 Å². The number of carbonyl (C=O) groups is 4. The number of hydrogen-bond acceptors (Lipinski definition) is 10. The van der Waals surface area contributed by atoms with Crippen LogP contribution in [0.4, 0.5) is 0 Å². The highest BCUT2D eigenvalue weighted by Gasteiger charge is 2.51. The molecular formula is C22H34N2O9. The lowest BCUT2D eigenvalue weighted by Gasteiger charge is -2.29. The molecule has 11 nitrogen and oxygen atoms in total. The molecule has 1 N–H and O–H groups in total. The molecule has 33 heavy (non-hydrogen) atoms. The fourth-order valence-corrected chi connectivity index (χ4v) is 3.62. The van der Waals surface area contributed by atoms with Gasteiger partial charge in [0.15, 0.2) is 6.61 Å². The van der Waals surface area contributed by atoms with E-state index in [4.69, 9.17) is 23.5 Å². The van der Waals surface area contributed by atoms with Gasteiger partial charge in [-0.25, -0.2) is 14.4 Å². The van der Waals surface area contributed by atoms with Gasteiger partial charge in [-0.1, -0.05) is 26.7 Å². The number of carbonyl (C=O) groups excluding carboxylic acids is 4. The average Bonchev–Trinajstić information content (AvgIpc) is 3.17. The molecule has 0 saturated heterocycles. The number of ether oxygens (including phenoxy) is 4. The van der Waals surface area contributed by atoms with Crippen molar-refractivity contribution in [2.75, 3.05) is 27.4 Å². The summed E-state index contributed by atoms with van der Waals surface area (Å²) in [4.78, 5) is 49.3. The molecular weight excluding hydrogens is 436 g/mol. The zero-order valence-electron chi connectivity index (χ0n) is 20.1. The van der Waals surface area contributed by atoms with Crippen LogP contribution in [0.1, 0.15) is 70.6 Å². The van der Waals surface area contributed by atoms with E-state index in [0.717, 1.165) is 46.8 Å². The fraction of sp³-hybridized carbons (Fsp3) is 0.682. The first-order valence-corrected chi connectivity index (χ1v) is 10.9. The molecule has 0 aromatic carbocycles. The smallest absolute Gasteiger partial charge is 0.344 e. The maximum absolute atomic E-state index is 12.8. The molecule has 0 bridgehead atoms. The Morgan fingerprint density at radius 1 is 1.03 bits per heavy atom. The SMILES string of the molecule is CCCC(CCC)c1onc(OCC(=O)OCC)c1CC(NC(C)=O)(C(=O)OC)C(=O)OC. The molecule has 0 aliphatic rings. The van der Waals surface area contributed by atoms with Gasteiger partial charge in [-0.2, -0.15) is 0 Å². The Bertz CT molecular complexity index is 797.